The molecule has 130 valence electrons. The Morgan fingerprint density at radius 3 is 2.88 bits per heavy atom. The highest BCUT2D eigenvalue weighted by Crippen LogP contribution is 2.12. The lowest BCUT2D eigenvalue weighted by Crippen LogP contribution is -2.21. The van der Waals surface area contributed by atoms with Crippen LogP contribution < -0.4 is 16.7 Å². The normalized spacial score (nSPS) is 12.2. The van der Waals surface area contributed by atoms with Crippen molar-refractivity contribution in [2.45, 2.75) is 32.4 Å². The Morgan fingerprint density at radius 2 is 2.12 bits per heavy atom. The number of carbonyl (C=O) groups is 1. The van der Waals surface area contributed by atoms with Gasteiger partial charge in [-0.05, 0) is 43.2 Å². The van der Waals surface area contributed by atoms with Crippen LogP contribution in [-0.4, -0.2) is 26.1 Å². The Kier molecular flexibility index (Phi) is 4.95. The molecule has 0 spiro atoms. The number of aromatic nitrogens is 3. The fourth-order valence-electron chi connectivity index (χ4n) is 2.57. The van der Waals surface area contributed by atoms with Gasteiger partial charge in [-0.1, -0.05) is 18.2 Å². The quantitative estimate of drug-likeness (QED) is 0.713. The van der Waals surface area contributed by atoms with E-state index in [1.165, 1.54) is 9.08 Å². The van der Waals surface area contributed by atoms with Crippen LogP contribution >= 0.6 is 0 Å². The average Bonchev–Trinajstić information content (AvgIpc) is 2.90. The predicted octanol–water partition coefficient (Wildman–Crippen LogP) is 1.61. The van der Waals surface area contributed by atoms with Crippen molar-refractivity contribution in [3.8, 4) is 0 Å². The first-order chi connectivity index (χ1) is 12.0. The molecule has 3 aromatic rings. The molecule has 2 aromatic heterocycles. The highest BCUT2D eigenvalue weighted by molar-refractivity contribution is 5.90. The highest BCUT2D eigenvalue weighted by atomic mass is 16.2. The number of hydrogen-bond donors (Lipinski definition) is 2. The molecule has 0 saturated heterocycles. The summed E-state index contributed by atoms with van der Waals surface area (Å²) in [5.74, 6) is -0.0700. The van der Waals surface area contributed by atoms with E-state index in [9.17, 15) is 9.59 Å². The molecule has 1 unspecified atom stereocenters. The second-order valence-electron chi connectivity index (χ2n) is 6.13. The van der Waals surface area contributed by atoms with Gasteiger partial charge < -0.3 is 11.1 Å². The van der Waals surface area contributed by atoms with Crippen molar-refractivity contribution < 1.29 is 4.79 Å². The molecule has 1 atom stereocenters. The lowest BCUT2D eigenvalue weighted by Gasteiger charge is -2.08. The van der Waals surface area contributed by atoms with Crippen LogP contribution in [0.1, 0.15) is 25.3 Å². The Labute approximate surface area is 145 Å². The van der Waals surface area contributed by atoms with Crippen LogP contribution in [0.3, 0.4) is 0 Å². The van der Waals surface area contributed by atoms with Crippen molar-refractivity contribution in [1.82, 2.24) is 14.2 Å². The van der Waals surface area contributed by atoms with Gasteiger partial charge in [-0.3, -0.25) is 9.20 Å². The molecule has 0 bridgehead atoms. The SMILES string of the molecule is CC(N)CCC(=O)Nc1cccc(Cn2nc3ccccn3c2=O)c1. The lowest BCUT2D eigenvalue weighted by atomic mass is 10.1. The molecular weight excluding hydrogens is 318 g/mol. The second-order valence-corrected chi connectivity index (χ2v) is 6.13. The molecule has 2 heterocycles. The van der Waals surface area contributed by atoms with Crippen molar-refractivity contribution in [3.63, 3.8) is 0 Å². The molecule has 1 aromatic carbocycles. The number of rotatable bonds is 6. The number of pyridine rings is 1. The van der Waals surface area contributed by atoms with Gasteiger partial charge in [0.25, 0.3) is 0 Å². The number of hydrogen-bond acceptors (Lipinski definition) is 4. The van der Waals surface area contributed by atoms with Crippen LogP contribution in [0.25, 0.3) is 5.65 Å². The lowest BCUT2D eigenvalue weighted by molar-refractivity contribution is -0.116. The van der Waals surface area contributed by atoms with Crippen molar-refractivity contribution in [1.29, 1.82) is 0 Å². The number of nitrogens with zero attached hydrogens (tertiary/aromatic N) is 3. The second kappa shape index (κ2) is 7.31. The molecule has 0 fully saturated rings. The highest BCUT2D eigenvalue weighted by Gasteiger charge is 2.08. The van der Waals surface area contributed by atoms with Crippen LogP contribution in [0, 0.1) is 0 Å². The summed E-state index contributed by atoms with van der Waals surface area (Å²) in [5, 5.41) is 7.17. The van der Waals surface area contributed by atoms with Crippen molar-refractivity contribution in [2.24, 2.45) is 5.73 Å². The number of carbonyl (C=O) groups excluding carboxylic acids is 1. The number of anilines is 1. The zero-order valence-corrected chi connectivity index (χ0v) is 14.1. The maximum absolute atomic E-state index is 12.3. The largest absolute Gasteiger partial charge is 0.350 e. The van der Waals surface area contributed by atoms with Crippen molar-refractivity contribution >= 4 is 17.2 Å². The Balaban J connectivity index is 1.74. The van der Waals surface area contributed by atoms with E-state index in [4.69, 9.17) is 5.73 Å². The summed E-state index contributed by atoms with van der Waals surface area (Å²) in [7, 11) is 0. The van der Waals surface area contributed by atoms with Crippen LogP contribution in [0.2, 0.25) is 0 Å². The van der Waals surface area contributed by atoms with E-state index in [0.29, 0.717) is 30.7 Å². The van der Waals surface area contributed by atoms with E-state index >= 15 is 0 Å². The van der Waals surface area contributed by atoms with Crippen LogP contribution in [0.4, 0.5) is 5.69 Å². The summed E-state index contributed by atoms with van der Waals surface area (Å²) < 4.78 is 2.91. The Hall–Kier alpha value is -2.93. The zero-order valence-electron chi connectivity index (χ0n) is 14.1. The monoisotopic (exact) mass is 339 g/mol. The molecular formula is C18H21N5O2. The third-order valence-electron chi connectivity index (χ3n) is 3.86. The van der Waals surface area contributed by atoms with E-state index in [0.717, 1.165) is 5.56 Å². The third-order valence-corrected chi connectivity index (χ3v) is 3.86. The molecule has 0 aliphatic rings. The molecule has 1 amide bonds. The maximum atomic E-state index is 12.3. The van der Waals surface area contributed by atoms with E-state index in [1.54, 1.807) is 18.3 Å². The minimum atomic E-state index is -0.193. The van der Waals surface area contributed by atoms with Crippen LogP contribution in [-0.2, 0) is 11.3 Å². The number of nitrogens with one attached hydrogen (secondary N) is 1. The molecule has 7 heteroatoms. The van der Waals surface area contributed by atoms with Gasteiger partial charge in [0, 0.05) is 24.3 Å². The number of fused-ring (bicyclic) bond motifs is 1. The van der Waals surface area contributed by atoms with Gasteiger partial charge in [-0.15, -0.1) is 5.10 Å². The molecule has 0 saturated carbocycles. The molecule has 25 heavy (non-hydrogen) atoms. The molecule has 7 nitrogen and oxygen atoms in total. The molecule has 3 rings (SSSR count). The minimum absolute atomic E-state index is 0.000919. The third kappa shape index (κ3) is 4.13. The standard InChI is InChI=1S/C18H21N5O2/c1-13(19)8-9-17(24)20-15-6-4-5-14(11-15)12-23-18(25)22-10-3-2-7-16(22)21-23/h2-7,10-11,13H,8-9,12,19H2,1H3,(H,20,24). The van der Waals surface area contributed by atoms with Gasteiger partial charge in [0.1, 0.15) is 0 Å². The fraction of sp³-hybridized carbons (Fsp3) is 0.278. The summed E-state index contributed by atoms with van der Waals surface area (Å²) >= 11 is 0. The molecule has 0 aliphatic heterocycles. The van der Waals surface area contributed by atoms with Gasteiger partial charge in [-0.2, -0.15) is 0 Å². The van der Waals surface area contributed by atoms with Gasteiger partial charge in [0.2, 0.25) is 5.91 Å². The number of nitrogens with two attached hydrogens (primary N) is 1. The Bertz CT molecular complexity index is 942. The summed E-state index contributed by atoms with van der Waals surface area (Å²) in [6.45, 7) is 2.21. The van der Waals surface area contributed by atoms with Crippen molar-refractivity contribution in [2.75, 3.05) is 5.32 Å². The van der Waals surface area contributed by atoms with Gasteiger partial charge in [0.05, 0.1) is 6.54 Å². The Morgan fingerprint density at radius 1 is 1.28 bits per heavy atom. The topological polar surface area (TPSA) is 94.4 Å². The predicted molar refractivity (Wildman–Crippen MR) is 96.5 cm³/mol. The van der Waals surface area contributed by atoms with Gasteiger partial charge >= 0.3 is 5.69 Å². The average molecular weight is 339 g/mol. The van der Waals surface area contributed by atoms with E-state index < -0.39 is 0 Å². The van der Waals surface area contributed by atoms with E-state index in [1.807, 2.05) is 37.3 Å². The first kappa shape index (κ1) is 16.9. The molecule has 0 aliphatic carbocycles. The fourth-order valence-corrected chi connectivity index (χ4v) is 2.57. The maximum Gasteiger partial charge on any atom is 0.350 e. The molecule has 0 radical (unpaired) electrons. The van der Waals surface area contributed by atoms with Crippen LogP contribution in [0.5, 0.6) is 0 Å². The van der Waals surface area contributed by atoms with Gasteiger partial charge in [-0.25, -0.2) is 9.48 Å². The van der Waals surface area contributed by atoms with E-state index in [-0.39, 0.29) is 17.6 Å². The number of amides is 1. The first-order valence-corrected chi connectivity index (χ1v) is 8.21. The summed E-state index contributed by atoms with van der Waals surface area (Å²) in [5.41, 5.74) is 7.66. The summed E-state index contributed by atoms with van der Waals surface area (Å²) in [6.07, 6.45) is 2.71. The van der Waals surface area contributed by atoms with Gasteiger partial charge in [0.15, 0.2) is 5.65 Å². The molecule has 3 N–H and O–H groups in total. The first-order valence-electron chi connectivity index (χ1n) is 8.21. The minimum Gasteiger partial charge on any atom is -0.328 e. The van der Waals surface area contributed by atoms with E-state index in [2.05, 4.69) is 10.4 Å². The summed E-state index contributed by atoms with van der Waals surface area (Å²) in [6, 6.07) is 12.8. The van der Waals surface area contributed by atoms with Crippen molar-refractivity contribution in [3.05, 3.63) is 64.7 Å². The number of benzene rings is 1. The smallest absolute Gasteiger partial charge is 0.328 e. The summed E-state index contributed by atoms with van der Waals surface area (Å²) in [4.78, 5) is 24.2. The zero-order chi connectivity index (χ0) is 17.8. The van der Waals surface area contributed by atoms with Crippen LogP contribution in [0.15, 0.2) is 53.5 Å².